The van der Waals surface area contributed by atoms with E-state index in [0.29, 0.717) is 6.54 Å². The van der Waals surface area contributed by atoms with Gasteiger partial charge in [-0.1, -0.05) is 19.4 Å². The second kappa shape index (κ2) is 12.5. The molecule has 0 radical (unpaired) electrons. The molecular weight excluding hydrogens is 425 g/mol. The molecule has 0 aliphatic carbocycles. The van der Waals surface area contributed by atoms with E-state index in [0.717, 1.165) is 43.0 Å². The topological polar surface area (TPSA) is 52.6 Å². The largest absolute Gasteiger partial charge is 0.357 e. The van der Waals surface area contributed by atoms with Gasteiger partial charge in [0.05, 0.1) is 12.2 Å². The van der Waals surface area contributed by atoms with Crippen molar-refractivity contribution < 1.29 is 0 Å². The minimum Gasteiger partial charge on any atom is -0.357 e. The van der Waals surface area contributed by atoms with Gasteiger partial charge in [-0.3, -0.25) is 9.88 Å². The number of guanidine groups is 1. The van der Waals surface area contributed by atoms with Gasteiger partial charge in [-0.05, 0) is 51.8 Å². The highest BCUT2D eigenvalue weighted by atomic mass is 127. The summed E-state index contributed by atoms with van der Waals surface area (Å²) in [6, 6.07) is 6.84. The first kappa shape index (κ1) is 22.2. The molecule has 0 bridgehead atoms. The van der Waals surface area contributed by atoms with Gasteiger partial charge in [-0.25, -0.2) is 4.99 Å². The summed E-state index contributed by atoms with van der Waals surface area (Å²) in [7, 11) is 0. The molecule has 6 heteroatoms. The second-order valence-electron chi connectivity index (χ2n) is 6.49. The van der Waals surface area contributed by atoms with Crippen LogP contribution in [0.4, 0.5) is 0 Å². The molecule has 1 aromatic rings. The van der Waals surface area contributed by atoms with Crippen molar-refractivity contribution in [3.63, 3.8) is 0 Å². The van der Waals surface area contributed by atoms with E-state index >= 15 is 0 Å². The molecule has 1 fully saturated rings. The molecule has 0 amide bonds. The number of rotatable bonds is 7. The third-order valence-electron chi connectivity index (χ3n) is 4.60. The van der Waals surface area contributed by atoms with E-state index in [4.69, 9.17) is 0 Å². The monoisotopic (exact) mass is 459 g/mol. The van der Waals surface area contributed by atoms with Crippen molar-refractivity contribution in [3.05, 3.63) is 29.6 Å². The molecule has 0 saturated carbocycles. The summed E-state index contributed by atoms with van der Waals surface area (Å²) in [6.07, 6.45) is 5.33. The Morgan fingerprint density at radius 2 is 2.12 bits per heavy atom. The molecule has 1 unspecified atom stereocenters. The van der Waals surface area contributed by atoms with Crippen molar-refractivity contribution in [2.45, 2.75) is 59.0 Å². The molecule has 0 aromatic carbocycles. The molecule has 5 nitrogen and oxygen atoms in total. The fraction of sp³-hybridized carbons (Fsp3) is 0.684. The van der Waals surface area contributed by atoms with Crippen LogP contribution in [-0.2, 0) is 6.54 Å². The van der Waals surface area contributed by atoms with Gasteiger partial charge in [0.25, 0.3) is 0 Å². The van der Waals surface area contributed by atoms with Gasteiger partial charge in [0.1, 0.15) is 0 Å². The molecule has 0 spiro atoms. The summed E-state index contributed by atoms with van der Waals surface area (Å²) >= 11 is 0. The van der Waals surface area contributed by atoms with Crippen LogP contribution in [0, 0.1) is 6.92 Å². The molecule has 1 saturated heterocycles. The van der Waals surface area contributed by atoms with Crippen LogP contribution < -0.4 is 10.6 Å². The number of hydrogen-bond acceptors (Lipinski definition) is 3. The molecule has 1 aliphatic rings. The van der Waals surface area contributed by atoms with Crippen molar-refractivity contribution in [1.29, 1.82) is 0 Å². The van der Waals surface area contributed by atoms with Crippen molar-refractivity contribution >= 4 is 29.9 Å². The molecule has 2 N–H and O–H groups in total. The zero-order valence-electron chi connectivity index (χ0n) is 15.9. The summed E-state index contributed by atoms with van der Waals surface area (Å²) in [6.45, 7) is 11.2. The number of aromatic nitrogens is 1. The summed E-state index contributed by atoms with van der Waals surface area (Å²) in [4.78, 5) is 11.8. The van der Waals surface area contributed by atoms with Crippen LogP contribution in [0.5, 0.6) is 0 Å². The van der Waals surface area contributed by atoms with Gasteiger partial charge < -0.3 is 10.6 Å². The number of likely N-dealkylation sites (tertiary alicyclic amines) is 1. The number of aliphatic imine (C=N–C) groups is 1. The maximum absolute atomic E-state index is 4.66. The Bertz CT molecular complexity index is 520. The quantitative estimate of drug-likeness (QED) is 0.373. The van der Waals surface area contributed by atoms with Crippen molar-refractivity contribution in [3.8, 4) is 0 Å². The van der Waals surface area contributed by atoms with Gasteiger partial charge in [-0.2, -0.15) is 0 Å². The Kier molecular flexibility index (Phi) is 11.0. The predicted molar refractivity (Wildman–Crippen MR) is 117 cm³/mol. The Morgan fingerprint density at radius 1 is 1.28 bits per heavy atom. The zero-order chi connectivity index (χ0) is 17.2. The minimum absolute atomic E-state index is 0. The summed E-state index contributed by atoms with van der Waals surface area (Å²) in [5.41, 5.74) is 2.05. The zero-order valence-corrected chi connectivity index (χ0v) is 18.3. The summed E-state index contributed by atoms with van der Waals surface area (Å²) in [5.74, 6) is 0.880. The maximum atomic E-state index is 4.66. The molecule has 1 aliphatic heterocycles. The second-order valence-corrected chi connectivity index (χ2v) is 6.49. The highest BCUT2D eigenvalue weighted by Crippen LogP contribution is 2.18. The van der Waals surface area contributed by atoms with E-state index in [1.807, 2.05) is 25.1 Å². The van der Waals surface area contributed by atoms with Gasteiger partial charge in [0.15, 0.2) is 5.96 Å². The SMILES string of the molecule is CCNC(=NCc1cccc(C)n1)NCCN1CCCCC1CC.I. The first-order chi connectivity index (χ1) is 11.7. The number of pyridine rings is 1. The first-order valence-corrected chi connectivity index (χ1v) is 9.41. The van der Waals surface area contributed by atoms with Gasteiger partial charge in [0.2, 0.25) is 0 Å². The Hall–Kier alpha value is -0.890. The molecule has 1 atom stereocenters. The number of nitrogens with zero attached hydrogens (tertiary/aromatic N) is 3. The van der Waals surface area contributed by atoms with Crippen molar-refractivity contribution in [1.82, 2.24) is 20.5 Å². The Balaban J connectivity index is 0.00000312. The Morgan fingerprint density at radius 3 is 2.84 bits per heavy atom. The van der Waals surface area contributed by atoms with Crippen LogP contribution in [0.15, 0.2) is 23.2 Å². The molecule has 142 valence electrons. The van der Waals surface area contributed by atoms with Gasteiger partial charge in [-0.15, -0.1) is 24.0 Å². The fourth-order valence-electron chi connectivity index (χ4n) is 3.32. The highest BCUT2D eigenvalue weighted by molar-refractivity contribution is 14.0. The third-order valence-corrected chi connectivity index (χ3v) is 4.60. The fourth-order valence-corrected chi connectivity index (χ4v) is 3.32. The normalized spacial score (nSPS) is 18.5. The van der Waals surface area contributed by atoms with Gasteiger partial charge >= 0.3 is 0 Å². The summed E-state index contributed by atoms with van der Waals surface area (Å²) < 4.78 is 0. The lowest BCUT2D eigenvalue weighted by Crippen LogP contribution is -2.45. The van der Waals surface area contributed by atoms with Crippen LogP contribution >= 0.6 is 24.0 Å². The average Bonchev–Trinajstić information content (AvgIpc) is 2.60. The Labute approximate surface area is 170 Å². The smallest absolute Gasteiger partial charge is 0.191 e. The van der Waals surface area contributed by atoms with Crippen LogP contribution in [0.2, 0.25) is 0 Å². The molecule has 25 heavy (non-hydrogen) atoms. The molecule has 2 heterocycles. The van der Waals surface area contributed by atoms with Crippen LogP contribution in [0.1, 0.15) is 50.9 Å². The standard InChI is InChI=1S/C19H33N5.HI/c1-4-18-11-6-7-13-24(18)14-12-21-19(20-5-2)22-15-17-10-8-9-16(3)23-17;/h8-10,18H,4-7,11-15H2,1-3H3,(H2,20,21,22);1H. The summed E-state index contributed by atoms with van der Waals surface area (Å²) in [5, 5.41) is 6.79. The maximum Gasteiger partial charge on any atom is 0.191 e. The van der Waals surface area contributed by atoms with E-state index in [2.05, 4.69) is 39.4 Å². The lowest BCUT2D eigenvalue weighted by Gasteiger charge is -2.35. The third kappa shape index (κ3) is 7.90. The molecule has 2 rings (SSSR count). The lowest BCUT2D eigenvalue weighted by molar-refractivity contribution is 0.147. The lowest BCUT2D eigenvalue weighted by atomic mass is 10.0. The van der Waals surface area contributed by atoms with E-state index in [9.17, 15) is 0 Å². The van der Waals surface area contributed by atoms with E-state index in [1.54, 1.807) is 0 Å². The number of hydrogen-bond donors (Lipinski definition) is 2. The number of piperidine rings is 1. The van der Waals surface area contributed by atoms with E-state index < -0.39 is 0 Å². The predicted octanol–water partition coefficient (Wildman–Crippen LogP) is 3.33. The average molecular weight is 459 g/mol. The molecule has 1 aromatic heterocycles. The van der Waals surface area contributed by atoms with Gasteiger partial charge in [0, 0.05) is 31.4 Å². The van der Waals surface area contributed by atoms with E-state index in [-0.39, 0.29) is 24.0 Å². The number of nitrogens with one attached hydrogen (secondary N) is 2. The van der Waals surface area contributed by atoms with Crippen molar-refractivity contribution in [2.24, 2.45) is 4.99 Å². The number of halogens is 1. The van der Waals surface area contributed by atoms with Crippen LogP contribution in [-0.4, -0.2) is 48.1 Å². The highest BCUT2D eigenvalue weighted by Gasteiger charge is 2.19. The van der Waals surface area contributed by atoms with Crippen LogP contribution in [0.3, 0.4) is 0 Å². The minimum atomic E-state index is 0. The van der Waals surface area contributed by atoms with E-state index in [1.165, 1.54) is 32.2 Å². The van der Waals surface area contributed by atoms with Crippen LogP contribution in [0.25, 0.3) is 0 Å². The first-order valence-electron chi connectivity index (χ1n) is 9.41. The molecular formula is C19H34IN5. The van der Waals surface area contributed by atoms with Crippen molar-refractivity contribution in [2.75, 3.05) is 26.2 Å². The number of aryl methyl sites for hydroxylation is 1.